The van der Waals surface area contributed by atoms with Crippen LogP contribution in [0.2, 0.25) is 0 Å². The van der Waals surface area contributed by atoms with Crippen LogP contribution < -0.4 is 5.63 Å². The molecule has 0 saturated carbocycles. The van der Waals surface area contributed by atoms with Gasteiger partial charge >= 0.3 is 11.8 Å². The summed E-state index contributed by atoms with van der Waals surface area (Å²) in [6, 6.07) is 10.1. The van der Waals surface area contributed by atoms with Crippen LogP contribution in [0.25, 0.3) is 0 Å². The summed E-state index contributed by atoms with van der Waals surface area (Å²) in [7, 11) is 0. The van der Waals surface area contributed by atoms with Gasteiger partial charge in [-0.15, -0.1) is 11.8 Å². The van der Waals surface area contributed by atoms with E-state index in [1.807, 2.05) is 0 Å². The lowest BCUT2D eigenvalue weighted by molar-refractivity contribution is -0.384. The number of halogens is 3. The van der Waals surface area contributed by atoms with E-state index in [1.165, 1.54) is 49.0 Å². The molecular formula is C22H15F3N2O5S. The number of aromatic hydroxyl groups is 1. The topological polar surface area (TPSA) is 106 Å². The van der Waals surface area contributed by atoms with E-state index in [0.29, 0.717) is 10.5 Å². The second-order valence-electron chi connectivity index (χ2n) is 7.31. The molecule has 2 heterocycles. The SMILES string of the molecule is Cc1cc(O)c(C2=Nc3cc(C(F)(F)F)ccc3SC(c3cccc([N+](=O)[O-])c3)C2)c(=O)o1. The van der Waals surface area contributed by atoms with E-state index in [1.54, 1.807) is 6.07 Å². The van der Waals surface area contributed by atoms with Gasteiger partial charge in [0, 0.05) is 34.8 Å². The average Bonchev–Trinajstić information content (AvgIpc) is 2.91. The summed E-state index contributed by atoms with van der Waals surface area (Å²) >= 11 is 1.17. The van der Waals surface area contributed by atoms with Crippen molar-refractivity contribution >= 4 is 28.8 Å². The number of nitrogens with zero attached hydrogens (tertiary/aromatic N) is 2. The van der Waals surface area contributed by atoms with Crippen LogP contribution in [0, 0.1) is 17.0 Å². The monoisotopic (exact) mass is 476 g/mol. The number of benzene rings is 2. The average molecular weight is 476 g/mol. The molecule has 4 rings (SSSR count). The zero-order valence-electron chi connectivity index (χ0n) is 16.9. The smallest absolute Gasteiger partial charge is 0.416 e. The molecule has 1 N–H and O–H groups in total. The van der Waals surface area contributed by atoms with Crippen molar-refractivity contribution in [1.29, 1.82) is 0 Å². The Bertz CT molecular complexity index is 1350. The van der Waals surface area contributed by atoms with Crippen molar-refractivity contribution in [2.45, 2.75) is 29.7 Å². The molecule has 1 unspecified atom stereocenters. The molecule has 170 valence electrons. The molecule has 1 aliphatic heterocycles. The summed E-state index contributed by atoms with van der Waals surface area (Å²) in [4.78, 5) is 27.9. The predicted octanol–water partition coefficient (Wildman–Crippen LogP) is 5.94. The highest BCUT2D eigenvalue weighted by Gasteiger charge is 2.33. The molecular weight excluding hydrogens is 461 g/mol. The number of rotatable bonds is 3. The first kappa shape index (κ1) is 22.6. The summed E-state index contributed by atoms with van der Waals surface area (Å²) in [5.41, 5.74) is -1.71. The molecule has 0 spiro atoms. The van der Waals surface area contributed by atoms with Gasteiger partial charge in [0.05, 0.1) is 21.9 Å². The van der Waals surface area contributed by atoms with E-state index in [4.69, 9.17) is 4.42 Å². The number of alkyl halides is 3. The van der Waals surface area contributed by atoms with E-state index in [0.717, 1.165) is 12.1 Å². The lowest BCUT2D eigenvalue weighted by atomic mass is 10.0. The molecule has 7 nitrogen and oxygen atoms in total. The minimum Gasteiger partial charge on any atom is -0.507 e. The van der Waals surface area contributed by atoms with Crippen LogP contribution >= 0.6 is 11.8 Å². The summed E-state index contributed by atoms with van der Waals surface area (Å²) in [5, 5.41) is 21.1. The number of hydrogen-bond donors (Lipinski definition) is 1. The second kappa shape index (κ2) is 8.39. The normalized spacial score (nSPS) is 16.0. The van der Waals surface area contributed by atoms with E-state index < -0.39 is 33.3 Å². The van der Waals surface area contributed by atoms with Crippen LogP contribution in [0.4, 0.5) is 24.5 Å². The lowest BCUT2D eigenvalue weighted by Crippen LogP contribution is -2.17. The number of non-ortho nitro benzene ring substituents is 1. The maximum atomic E-state index is 13.3. The third-order valence-electron chi connectivity index (χ3n) is 4.98. The van der Waals surface area contributed by atoms with Crippen LogP contribution in [0.5, 0.6) is 5.75 Å². The molecule has 11 heteroatoms. The minimum absolute atomic E-state index is 0.00322. The first-order valence-corrected chi connectivity index (χ1v) is 10.4. The van der Waals surface area contributed by atoms with Gasteiger partial charge < -0.3 is 9.52 Å². The highest BCUT2D eigenvalue weighted by molar-refractivity contribution is 7.99. The van der Waals surface area contributed by atoms with Gasteiger partial charge in [-0.25, -0.2) is 4.79 Å². The largest absolute Gasteiger partial charge is 0.507 e. The number of nitro benzene ring substituents is 1. The lowest BCUT2D eigenvalue weighted by Gasteiger charge is -2.16. The Labute approximate surface area is 188 Å². The molecule has 1 aromatic heterocycles. The van der Waals surface area contributed by atoms with Crippen molar-refractivity contribution in [1.82, 2.24) is 0 Å². The van der Waals surface area contributed by atoms with Crippen molar-refractivity contribution in [2.24, 2.45) is 4.99 Å². The first-order chi connectivity index (χ1) is 15.5. The fourth-order valence-electron chi connectivity index (χ4n) is 3.49. The van der Waals surface area contributed by atoms with Crippen molar-refractivity contribution in [3.05, 3.63) is 91.5 Å². The third-order valence-corrected chi connectivity index (χ3v) is 6.31. The van der Waals surface area contributed by atoms with Crippen molar-refractivity contribution in [3.63, 3.8) is 0 Å². The quantitative estimate of drug-likeness (QED) is 0.371. The van der Waals surface area contributed by atoms with Crippen molar-refractivity contribution in [3.8, 4) is 5.75 Å². The fraction of sp³-hybridized carbons (Fsp3) is 0.182. The van der Waals surface area contributed by atoms with Gasteiger partial charge in [-0.05, 0) is 30.7 Å². The molecule has 33 heavy (non-hydrogen) atoms. The Balaban J connectivity index is 1.91. The Kier molecular flexibility index (Phi) is 5.75. The molecule has 1 aliphatic rings. The molecule has 0 bridgehead atoms. The number of thioether (sulfide) groups is 1. The zero-order chi connectivity index (χ0) is 23.9. The Morgan fingerprint density at radius 3 is 2.64 bits per heavy atom. The van der Waals surface area contributed by atoms with Crippen LogP contribution in [-0.2, 0) is 6.18 Å². The maximum Gasteiger partial charge on any atom is 0.416 e. The number of nitro groups is 1. The van der Waals surface area contributed by atoms with Crippen LogP contribution in [-0.4, -0.2) is 15.7 Å². The molecule has 0 aliphatic carbocycles. The van der Waals surface area contributed by atoms with Crippen molar-refractivity contribution in [2.75, 3.05) is 0 Å². The van der Waals surface area contributed by atoms with E-state index in [-0.39, 0.29) is 34.8 Å². The van der Waals surface area contributed by atoms with E-state index >= 15 is 0 Å². The molecule has 0 saturated heterocycles. The standard InChI is InChI=1S/C22H15F3N2O5S/c1-11-7-17(28)20(21(29)32-11)16-10-19(12-3-2-4-14(8-12)27(30)31)33-18-6-5-13(22(23,24)25)9-15(18)26-16/h2-9,19,28H,10H2,1H3. The number of hydrogen-bond acceptors (Lipinski definition) is 7. The van der Waals surface area contributed by atoms with Crippen LogP contribution in [0.15, 0.2) is 67.6 Å². The fourth-order valence-corrected chi connectivity index (χ4v) is 4.69. The molecule has 0 fully saturated rings. The van der Waals surface area contributed by atoms with Gasteiger partial charge in [-0.1, -0.05) is 12.1 Å². The van der Waals surface area contributed by atoms with Crippen molar-refractivity contribution < 1.29 is 27.6 Å². The number of fused-ring (bicyclic) bond motifs is 1. The minimum atomic E-state index is -4.61. The number of aryl methyl sites for hydroxylation is 1. The Hall–Kier alpha value is -3.60. The summed E-state index contributed by atoms with van der Waals surface area (Å²) in [6.07, 6.45) is -4.60. The molecule has 1 atom stereocenters. The van der Waals surface area contributed by atoms with Gasteiger partial charge in [0.15, 0.2) is 0 Å². The van der Waals surface area contributed by atoms with Gasteiger partial charge in [0.25, 0.3) is 5.69 Å². The van der Waals surface area contributed by atoms with E-state index in [2.05, 4.69) is 4.99 Å². The summed E-state index contributed by atoms with van der Waals surface area (Å²) in [6.45, 7) is 1.46. The van der Waals surface area contributed by atoms with Gasteiger partial charge in [0.2, 0.25) is 0 Å². The predicted molar refractivity (Wildman–Crippen MR) is 115 cm³/mol. The van der Waals surface area contributed by atoms with Crippen LogP contribution in [0.1, 0.15) is 34.1 Å². The van der Waals surface area contributed by atoms with Gasteiger partial charge in [-0.3, -0.25) is 15.1 Å². The molecule has 2 aromatic carbocycles. The highest BCUT2D eigenvalue weighted by Crippen LogP contribution is 2.47. The third kappa shape index (κ3) is 4.63. The van der Waals surface area contributed by atoms with Gasteiger partial charge in [0.1, 0.15) is 17.1 Å². The Morgan fingerprint density at radius 2 is 1.97 bits per heavy atom. The summed E-state index contributed by atoms with van der Waals surface area (Å²) < 4.78 is 44.9. The van der Waals surface area contributed by atoms with E-state index in [9.17, 15) is 33.2 Å². The summed E-state index contributed by atoms with van der Waals surface area (Å²) in [5.74, 6) is -0.263. The zero-order valence-corrected chi connectivity index (χ0v) is 17.7. The molecule has 3 aromatic rings. The highest BCUT2D eigenvalue weighted by atomic mass is 32.2. The maximum absolute atomic E-state index is 13.3. The molecule has 0 radical (unpaired) electrons. The first-order valence-electron chi connectivity index (χ1n) is 9.57. The van der Waals surface area contributed by atoms with Gasteiger partial charge in [-0.2, -0.15) is 13.2 Å². The number of aliphatic imine (C=N–C) groups is 1. The second-order valence-corrected chi connectivity index (χ2v) is 8.55. The Morgan fingerprint density at radius 1 is 1.21 bits per heavy atom. The molecule has 0 amide bonds. The van der Waals surface area contributed by atoms with Crippen LogP contribution in [0.3, 0.4) is 0 Å².